The van der Waals surface area contributed by atoms with E-state index in [2.05, 4.69) is 20.7 Å². The smallest absolute Gasteiger partial charge is 0.343 e. The maximum atomic E-state index is 12.6. The molecule has 156 valence electrons. The van der Waals surface area contributed by atoms with E-state index in [1.165, 1.54) is 26.2 Å². The van der Waals surface area contributed by atoms with Crippen molar-refractivity contribution in [3.05, 3.63) is 32.1 Å². The molecule has 1 aliphatic rings. The first-order valence-corrected chi connectivity index (χ1v) is 10.3. The zero-order valence-electron chi connectivity index (χ0n) is 15.7. The molecule has 1 aromatic carbocycles. The third-order valence-corrected chi connectivity index (χ3v) is 5.47. The fourth-order valence-corrected chi connectivity index (χ4v) is 4.22. The van der Waals surface area contributed by atoms with Crippen LogP contribution in [-0.4, -0.2) is 54.4 Å². The first-order valence-electron chi connectivity index (χ1n) is 8.31. The van der Waals surface area contributed by atoms with Gasteiger partial charge < -0.3 is 14.2 Å². The minimum absolute atomic E-state index is 0.136. The Morgan fingerprint density at radius 1 is 1.34 bits per heavy atom. The van der Waals surface area contributed by atoms with Crippen molar-refractivity contribution in [1.29, 1.82) is 0 Å². The number of halogens is 2. The molecule has 11 heteroatoms. The molecule has 1 fully saturated rings. The second kappa shape index (κ2) is 10.1. The van der Waals surface area contributed by atoms with E-state index in [1.54, 1.807) is 13.0 Å². The quantitative estimate of drug-likeness (QED) is 0.408. The van der Waals surface area contributed by atoms with Crippen LogP contribution >= 0.6 is 39.3 Å². The number of thioether (sulfide) groups is 1. The van der Waals surface area contributed by atoms with Crippen LogP contribution in [0.25, 0.3) is 6.08 Å². The normalized spacial score (nSPS) is 16.2. The summed E-state index contributed by atoms with van der Waals surface area (Å²) in [4.78, 5) is 48.9. The Morgan fingerprint density at radius 3 is 2.62 bits per heavy atom. The molecule has 1 heterocycles. The SMILES string of the molecule is CCOC(=O)C(C)N1C(=O)S/C(=C/c2cc(Cl)c(OCC(=O)OC)c(Br)c2)C1=O. The van der Waals surface area contributed by atoms with Crippen molar-refractivity contribution >= 4 is 68.5 Å². The highest BCUT2D eigenvalue weighted by Crippen LogP contribution is 2.38. The topological polar surface area (TPSA) is 99.2 Å². The fourth-order valence-electron chi connectivity index (χ4n) is 2.32. The lowest BCUT2D eigenvalue weighted by Crippen LogP contribution is -2.42. The van der Waals surface area contributed by atoms with Crippen LogP contribution in [-0.2, 0) is 23.9 Å². The van der Waals surface area contributed by atoms with Crippen molar-refractivity contribution in [3.63, 3.8) is 0 Å². The summed E-state index contributed by atoms with van der Waals surface area (Å²) in [5.74, 6) is -1.59. The minimum Gasteiger partial charge on any atom is -0.479 e. The van der Waals surface area contributed by atoms with Gasteiger partial charge in [0.25, 0.3) is 11.1 Å². The maximum absolute atomic E-state index is 12.6. The molecule has 2 rings (SSSR count). The summed E-state index contributed by atoms with van der Waals surface area (Å²) in [6.45, 7) is 2.89. The number of ether oxygens (including phenoxy) is 3. The van der Waals surface area contributed by atoms with Crippen LogP contribution in [0.5, 0.6) is 5.75 Å². The lowest BCUT2D eigenvalue weighted by molar-refractivity contribution is -0.150. The van der Waals surface area contributed by atoms with Crippen molar-refractivity contribution in [2.45, 2.75) is 19.9 Å². The van der Waals surface area contributed by atoms with Crippen LogP contribution in [0.3, 0.4) is 0 Å². The number of carbonyl (C=O) groups is 4. The Morgan fingerprint density at radius 2 is 2.03 bits per heavy atom. The van der Waals surface area contributed by atoms with Crippen LogP contribution < -0.4 is 4.74 Å². The van der Waals surface area contributed by atoms with E-state index in [0.29, 0.717) is 21.8 Å². The van der Waals surface area contributed by atoms with Gasteiger partial charge in [0.1, 0.15) is 6.04 Å². The van der Waals surface area contributed by atoms with Crippen LogP contribution in [0.1, 0.15) is 19.4 Å². The molecular formula is C18H17BrClNO7S. The molecule has 0 aromatic heterocycles. The third-order valence-electron chi connectivity index (χ3n) is 3.72. The first-order chi connectivity index (χ1) is 13.7. The second-order valence-electron chi connectivity index (χ2n) is 5.66. The molecule has 1 unspecified atom stereocenters. The largest absolute Gasteiger partial charge is 0.479 e. The molecule has 1 saturated heterocycles. The Kier molecular flexibility index (Phi) is 8.12. The van der Waals surface area contributed by atoms with E-state index in [1.807, 2.05) is 0 Å². The summed E-state index contributed by atoms with van der Waals surface area (Å²) in [5, 5.41) is -0.376. The van der Waals surface area contributed by atoms with E-state index < -0.39 is 29.1 Å². The Bertz CT molecular complexity index is 866. The number of hydrogen-bond donors (Lipinski definition) is 0. The molecule has 0 bridgehead atoms. The predicted molar refractivity (Wildman–Crippen MR) is 111 cm³/mol. The summed E-state index contributed by atoms with van der Waals surface area (Å²) in [6.07, 6.45) is 1.48. The molecule has 0 aliphatic carbocycles. The zero-order chi connectivity index (χ0) is 21.7. The lowest BCUT2D eigenvalue weighted by atomic mass is 10.2. The number of methoxy groups -OCH3 is 1. The first kappa shape index (κ1) is 23.2. The van der Waals surface area contributed by atoms with Gasteiger partial charge >= 0.3 is 11.9 Å². The summed E-state index contributed by atoms with van der Waals surface area (Å²) >= 11 is 10.2. The van der Waals surface area contributed by atoms with Gasteiger partial charge in [0.05, 0.1) is 28.1 Å². The average Bonchev–Trinajstić information content (AvgIpc) is 2.93. The van der Waals surface area contributed by atoms with Gasteiger partial charge in [0.15, 0.2) is 12.4 Å². The summed E-state index contributed by atoms with van der Waals surface area (Å²) in [6, 6.07) is 2.10. The van der Waals surface area contributed by atoms with Gasteiger partial charge in [0.2, 0.25) is 0 Å². The van der Waals surface area contributed by atoms with E-state index in [9.17, 15) is 19.2 Å². The fraction of sp³-hybridized carbons (Fsp3) is 0.333. The van der Waals surface area contributed by atoms with E-state index in [-0.39, 0.29) is 28.9 Å². The maximum Gasteiger partial charge on any atom is 0.343 e. The van der Waals surface area contributed by atoms with Gasteiger partial charge in [-0.25, -0.2) is 9.59 Å². The number of hydrogen-bond acceptors (Lipinski definition) is 8. The highest BCUT2D eigenvalue weighted by Gasteiger charge is 2.41. The third kappa shape index (κ3) is 5.52. The van der Waals surface area contributed by atoms with Crippen molar-refractivity contribution in [1.82, 2.24) is 4.90 Å². The molecule has 29 heavy (non-hydrogen) atoms. The zero-order valence-corrected chi connectivity index (χ0v) is 18.9. The average molecular weight is 507 g/mol. The molecule has 0 spiro atoms. The molecule has 8 nitrogen and oxygen atoms in total. The minimum atomic E-state index is -1.03. The van der Waals surface area contributed by atoms with Crippen LogP contribution in [0.4, 0.5) is 4.79 Å². The summed E-state index contributed by atoms with van der Waals surface area (Å²) in [7, 11) is 1.24. The van der Waals surface area contributed by atoms with E-state index in [0.717, 1.165) is 4.90 Å². The summed E-state index contributed by atoms with van der Waals surface area (Å²) in [5.41, 5.74) is 0.515. The molecule has 1 aromatic rings. The molecule has 0 radical (unpaired) electrons. The van der Waals surface area contributed by atoms with E-state index >= 15 is 0 Å². The molecule has 0 N–H and O–H groups in total. The van der Waals surface area contributed by atoms with Crippen molar-refractivity contribution in [2.24, 2.45) is 0 Å². The molecule has 2 amide bonds. The van der Waals surface area contributed by atoms with Crippen molar-refractivity contribution in [3.8, 4) is 5.75 Å². The van der Waals surface area contributed by atoms with Crippen molar-refractivity contribution < 1.29 is 33.4 Å². The predicted octanol–water partition coefficient (Wildman–Crippen LogP) is 3.64. The number of amides is 2. The van der Waals surface area contributed by atoms with Crippen LogP contribution in [0.15, 0.2) is 21.5 Å². The van der Waals surface area contributed by atoms with Gasteiger partial charge in [-0.2, -0.15) is 0 Å². The standard InChI is InChI=1S/C18H17BrClNO7S/c1-4-27-17(24)9(2)21-16(23)13(29-18(21)25)7-10-5-11(19)15(12(20)6-10)28-8-14(22)26-3/h5-7,9H,4,8H2,1-3H3/b13-7+. The van der Waals surface area contributed by atoms with Gasteiger partial charge in [-0.1, -0.05) is 11.6 Å². The Labute approximate surface area is 184 Å². The van der Waals surface area contributed by atoms with Gasteiger partial charge in [-0.3, -0.25) is 14.5 Å². The van der Waals surface area contributed by atoms with Gasteiger partial charge in [0, 0.05) is 0 Å². The highest BCUT2D eigenvalue weighted by atomic mass is 79.9. The second-order valence-corrected chi connectivity index (χ2v) is 7.91. The number of esters is 2. The number of nitrogens with zero attached hydrogens (tertiary/aromatic N) is 1. The summed E-state index contributed by atoms with van der Waals surface area (Å²) < 4.78 is 15.1. The van der Waals surface area contributed by atoms with E-state index in [4.69, 9.17) is 21.1 Å². The Balaban J connectivity index is 2.24. The number of carbonyl (C=O) groups excluding carboxylic acids is 4. The molecule has 0 saturated carbocycles. The van der Waals surface area contributed by atoms with Gasteiger partial charge in [-0.15, -0.1) is 0 Å². The lowest BCUT2D eigenvalue weighted by Gasteiger charge is -2.19. The van der Waals surface area contributed by atoms with Crippen molar-refractivity contribution in [2.75, 3.05) is 20.3 Å². The molecule has 1 aliphatic heterocycles. The molecule has 1 atom stereocenters. The number of benzene rings is 1. The van der Waals surface area contributed by atoms with Crippen LogP contribution in [0.2, 0.25) is 5.02 Å². The van der Waals surface area contributed by atoms with Gasteiger partial charge in [-0.05, 0) is 65.3 Å². The highest BCUT2D eigenvalue weighted by molar-refractivity contribution is 9.10. The van der Waals surface area contributed by atoms with Crippen LogP contribution in [0, 0.1) is 0 Å². The molecular weight excluding hydrogens is 490 g/mol. The monoisotopic (exact) mass is 505 g/mol. The number of rotatable bonds is 7. The Hall–Kier alpha value is -2.04. The number of imide groups is 1.